The Morgan fingerprint density at radius 3 is 2.11 bits per heavy atom. The first-order chi connectivity index (χ1) is 21.5. The molecule has 242 valence electrons. The maximum absolute atomic E-state index is 13.7. The van der Waals surface area contributed by atoms with E-state index in [1.54, 1.807) is 16.2 Å². The number of fused-ring (bicyclic) bond motifs is 2. The number of para-hydroxylation sites is 2. The van der Waals surface area contributed by atoms with Crippen molar-refractivity contribution in [2.45, 2.75) is 104 Å². The summed E-state index contributed by atoms with van der Waals surface area (Å²) in [6.07, 6.45) is 16.1. The summed E-state index contributed by atoms with van der Waals surface area (Å²) in [5.74, 6) is 0.445. The third kappa shape index (κ3) is 10.1. The molecular weight excluding hydrogens is 572 g/mol. The van der Waals surface area contributed by atoms with Crippen molar-refractivity contribution in [3.05, 3.63) is 45.1 Å². The molecule has 3 heterocycles. The third-order valence-corrected chi connectivity index (χ3v) is 9.45. The number of piperazine rings is 1. The number of esters is 1. The van der Waals surface area contributed by atoms with Crippen LogP contribution >= 0.6 is 11.3 Å². The molecule has 4 rings (SSSR count). The highest BCUT2D eigenvalue weighted by Crippen LogP contribution is 2.34. The van der Waals surface area contributed by atoms with Crippen LogP contribution in [-0.2, 0) is 14.3 Å². The van der Waals surface area contributed by atoms with E-state index in [2.05, 4.69) is 36.8 Å². The number of carbonyl (C=O) groups excluding carboxylic acids is 2. The van der Waals surface area contributed by atoms with Gasteiger partial charge in [0.1, 0.15) is 10.5 Å². The van der Waals surface area contributed by atoms with Crippen molar-refractivity contribution in [1.29, 1.82) is 0 Å². The van der Waals surface area contributed by atoms with Gasteiger partial charge in [-0.3, -0.25) is 4.79 Å². The first kappa shape index (κ1) is 34.0. The van der Waals surface area contributed by atoms with Gasteiger partial charge in [0, 0.05) is 37.5 Å². The van der Waals surface area contributed by atoms with E-state index in [4.69, 9.17) is 14.5 Å². The fourth-order valence-corrected chi connectivity index (χ4v) is 6.81. The molecule has 1 aromatic heterocycles. The van der Waals surface area contributed by atoms with Crippen LogP contribution in [0.1, 0.15) is 102 Å². The van der Waals surface area contributed by atoms with E-state index >= 15 is 0 Å². The fourth-order valence-electron chi connectivity index (χ4n) is 5.92. The van der Waals surface area contributed by atoms with Crippen LogP contribution in [0.4, 0.5) is 16.2 Å². The molecule has 0 radical (unpaired) electrons. The number of carbonyl (C=O) groups is 2. The zero-order valence-electron chi connectivity index (χ0n) is 27.2. The molecule has 9 heteroatoms. The average Bonchev–Trinajstić information content (AvgIpc) is 3.31. The predicted molar refractivity (Wildman–Crippen MR) is 179 cm³/mol. The van der Waals surface area contributed by atoms with Crippen molar-refractivity contribution in [2.24, 2.45) is 4.99 Å². The molecule has 44 heavy (non-hydrogen) atoms. The summed E-state index contributed by atoms with van der Waals surface area (Å²) in [5.41, 5.74) is 1.36. The molecule has 1 aromatic carbocycles. The number of hydrogen-bond donors (Lipinski definition) is 0. The molecule has 0 aliphatic carbocycles. The quantitative estimate of drug-likeness (QED) is 0.105. The summed E-state index contributed by atoms with van der Waals surface area (Å²) in [6, 6.07) is 9.72. The van der Waals surface area contributed by atoms with Crippen LogP contribution in [0.15, 0.2) is 35.3 Å². The number of amides is 1. The molecule has 2 aliphatic heterocycles. The maximum atomic E-state index is 13.7. The minimum atomic E-state index is -0.577. The highest BCUT2D eigenvalue weighted by Gasteiger charge is 2.32. The number of likely N-dealkylation sites (N-methyl/N-ethyl adjacent to an activating group) is 1. The van der Waals surface area contributed by atoms with Gasteiger partial charge in [0.2, 0.25) is 6.79 Å². The van der Waals surface area contributed by atoms with Crippen LogP contribution in [0.3, 0.4) is 0 Å². The maximum Gasteiger partial charge on any atom is 0.423 e. The number of unbranched alkanes of at least 4 members (excludes halogenated alkanes) is 12. The third-order valence-electron chi connectivity index (χ3n) is 8.51. The van der Waals surface area contributed by atoms with Gasteiger partial charge < -0.3 is 19.3 Å². The Labute approximate surface area is 267 Å². The minimum absolute atomic E-state index is 0.328. The standard InChI is InChI=1S/C35H52N4O4S/c1-4-5-6-7-8-9-10-11-12-13-14-15-16-21-32(40)42-27-43-35(41)39-31-20-18-17-19-30(31)36-33-29(26-28(2)44-33)34(39)38-24-22-37(3)23-25-38/h17-20,26H,4-16,21-25,27H2,1-3H3. The Bertz CT molecular complexity index is 1320. The van der Waals surface area contributed by atoms with Gasteiger partial charge in [-0.05, 0) is 38.6 Å². The molecule has 2 aliphatic rings. The lowest BCUT2D eigenvalue weighted by atomic mass is 10.0. The number of nitrogens with zero attached hydrogens (tertiary/aromatic N) is 4. The Hall–Kier alpha value is -2.91. The summed E-state index contributed by atoms with van der Waals surface area (Å²) < 4.78 is 11.8. The monoisotopic (exact) mass is 624 g/mol. The van der Waals surface area contributed by atoms with E-state index in [1.165, 1.54) is 64.2 Å². The molecule has 1 saturated heterocycles. The Balaban J connectivity index is 1.24. The van der Waals surface area contributed by atoms with Gasteiger partial charge in [-0.15, -0.1) is 11.3 Å². The van der Waals surface area contributed by atoms with Crippen LogP contribution in [0.2, 0.25) is 0 Å². The van der Waals surface area contributed by atoms with Crippen LogP contribution in [0.25, 0.3) is 5.82 Å². The first-order valence-corrected chi connectivity index (χ1v) is 17.6. The summed E-state index contributed by atoms with van der Waals surface area (Å²) >= 11 is 1.62. The summed E-state index contributed by atoms with van der Waals surface area (Å²) in [7, 11) is 2.11. The van der Waals surface area contributed by atoms with E-state index in [0.29, 0.717) is 17.8 Å². The Kier molecular flexibility index (Phi) is 14.0. The zero-order chi connectivity index (χ0) is 31.1. The van der Waals surface area contributed by atoms with Gasteiger partial charge in [-0.25, -0.2) is 14.7 Å². The Morgan fingerprint density at radius 1 is 0.841 bits per heavy atom. The van der Waals surface area contributed by atoms with E-state index < -0.39 is 12.9 Å². The number of benzene rings is 1. The van der Waals surface area contributed by atoms with Crippen LogP contribution in [-0.4, -0.2) is 61.9 Å². The van der Waals surface area contributed by atoms with Crippen molar-refractivity contribution >= 4 is 40.6 Å². The molecule has 8 nitrogen and oxygen atoms in total. The van der Waals surface area contributed by atoms with Crippen LogP contribution < -0.4 is 14.8 Å². The molecule has 2 aromatic rings. The molecule has 1 fully saturated rings. The SMILES string of the molecule is CCCCCCCCCCCCCCCC(=O)OCOC(=O)N1C(N2CCN(C)CC2)=c2cc(C)sc2=Nc2ccccc21. The number of ether oxygens (including phenoxy) is 2. The average molecular weight is 625 g/mol. The van der Waals surface area contributed by atoms with E-state index in [1.807, 2.05) is 24.3 Å². The number of hydrogen-bond acceptors (Lipinski definition) is 8. The first-order valence-electron chi connectivity index (χ1n) is 16.8. The van der Waals surface area contributed by atoms with Crippen molar-refractivity contribution in [3.8, 4) is 0 Å². The van der Waals surface area contributed by atoms with Crippen LogP contribution in [0, 0.1) is 6.92 Å². The van der Waals surface area contributed by atoms with Crippen molar-refractivity contribution in [3.63, 3.8) is 0 Å². The largest absolute Gasteiger partial charge is 0.428 e. The fraction of sp³-hybridized carbons (Fsp3) is 0.629. The topological polar surface area (TPSA) is 74.7 Å². The zero-order valence-corrected chi connectivity index (χ0v) is 28.0. The highest BCUT2D eigenvalue weighted by atomic mass is 32.1. The second-order valence-corrected chi connectivity index (χ2v) is 13.4. The van der Waals surface area contributed by atoms with Gasteiger partial charge in [-0.1, -0.05) is 96.1 Å². The summed E-state index contributed by atoms with van der Waals surface area (Å²) in [6.45, 7) is 7.25. The van der Waals surface area contributed by atoms with Gasteiger partial charge in [-0.2, -0.15) is 0 Å². The van der Waals surface area contributed by atoms with E-state index in [-0.39, 0.29) is 5.97 Å². The number of aryl methyl sites for hydroxylation is 1. The molecule has 0 spiro atoms. The molecular formula is C35H52N4O4S. The van der Waals surface area contributed by atoms with Gasteiger partial charge in [0.25, 0.3) is 0 Å². The molecule has 0 saturated carbocycles. The van der Waals surface area contributed by atoms with Gasteiger partial charge >= 0.3 is 12.1 Å². The van der Waals surface area contributed by atoms with Crippen molar-refractivity contribution in [2.75, 3.05) is 44.9 Å². The smallest absolute Gasteiger partial charge is 0.423 e. The molecule has 0 bridgehead atoms. The molecule has 1 amide bonds. The molecule has 0 N–H and O–H groups in total. The van der Waals surface area contributed by atoms with Gasteiger partial charge in [0.05, 0.1) is 16.6 Å². The minimum Gasteiger partial charge on any atom is -0.428 e. The van der Waals surface area contributed by atoms with E-state index in [9.17, 15) is 9.59 Å². The summed E-state index contributed by atoms with van der Waals surface area (Å²) in [5, 5.41) is 0.921. The number of thiophene rings is 1. The normalized spacial score (nSPS) is 14.9. The van der Waals surface area contributed by atoms with Gasteiger partial charge in [0.15, 0.2) is 0 Å². The number of anilines is 1. The van der Waals surface area contributed by atoms with E-state index in [0.717, 1.165) is 66.0 Å². The lowest BCUT2D eigenvalue weighted by molar-refractivity contribution is -0.151. The van der Waals surface area contributed by atoms with Crippen molar-refractivity contribution < 1.29 is 19.1 Å². The Morgan fingerprint density at radius 2 is 1.45 bits per heavy atom. The predicted octanol–water partition coefficient (Wildman–Crippen LogP) is 7.26. The highest BCUT2D eigenvalue weighted by molar-refractivity contribution is 7.09. The van der Waals surface area contributed by atoms with Crippen molar-refractivity contribution in [1.82, 2.24) is 9.80 Å². The lowest BCUT2D eigenvalue weighted by Crippen LogP contribution is -2.51. The lowest BCUT2D eigenvalue weighted by Gasteiger charge is -2.38. The second kappa shape index (κ2) is 18.2. The summed E-state index contributed by atoms with van der Waals surface area (Å²) in [4.78, 5) is 38.3. The molecule has 0 atom stereocenters. The number of rotatable bonds is 17. The van der Waals surface area contributed by atoms with Crippen LogP contribution in [0.5, 0.6) is 0 Å². The molecule has 0 unspecified atom stereocenters. The second-order valence-electron chi connectivity index (χ2n) is 12.2.